The maximum absolute atomic E-state index is 12.5. The molecule has 0 fully saturated rings. The first-order valence-corrected chi connectivity index (χ1v) is 8.45. The molecule has 0 atom stereocenters. The van der Waals surface area contributed by atoms with Crippen molar-refractivity contribution in [2.75, 3.05) is 12.4 Å². The Morgan fingerprint density at radius 1 is 1.11 bits per heavy atom. The van der Waals surface area contributed by atoms with E-state index in [0.717, 1.165) is 0 Å². The minimum atomic E-state index is -0.439. The fraction of sp³-hybridized carbons (Fsp3) is 0.200. The van der Waals surface area contributed by atoms with Crippen LogP contribution < -0.4 is 10.9 Å². The van der Waals surface area contributed by atoms with E-state index in [4.69, 9.17) is 0 Å². The Hall–Kier alpha value is -3.48. The van der Waals surface area contributed by atoms with E-state index >= 15 is 0 Å². The van der Waals surface area contributed by atoms with Gasteiger partial charge in [0.05, 0.1) is 23.7 Å². The normalized spacial score (nSPS) is 10.6. The van der Waals surface area contributed by atoms with E-state index in [0.29, 0.717) is 40.1 Å². The molecule has 1 aromatic heterocycles. The summed E-state index contributed by atoms with van der Waals surface area (Å²) < 4.78 is 6.28. The van der Waals surface area contributed by atoms with Gasteiger partial charge >= 0.3 is 5.97 Å². The third-order valence-corrected chi connectivity index (χ3v) is 4.25. The Labute approximate surface area is 155 Å². The van der Waals surface area contributed by atoms with Crippen molar-refractivity contribution in [3.8, 4) is 0 Å². The van der Waals surface area contributed by atoms with E-state index in [-0.39, 0.29) is 11.5 Å². The molecule has 0 aliphatic carbocycles. The summed E-state index contributed by atoms with van der Waals surface area (Å²) in [6.45, 7) is 4.07. The lowest BCUT2D eigenvalue weighted by Crippen LogP contribution is -2.23. The molecule has 0 bridgehead atoms. The highest BCUT2D eigenvalue weighted by molar-refractivity contribution is 6.06. The third kappa shape index (κ3) is 3.57. The first kappa shape index (κ1) is 18.3. The summed E-state index contributed by atoms with van der Waals surface area (Å²) >= 11 is 0. The van der Waals surface area contributed by atoms with Gasteiger partial charge < -0.3 is 14.6 Å². The van der Waals surface area contributed by atoms with Gasteiger partial charge in [-0.05, 0) is 56.3 Å². The number of anilines is 1. The highest BCUT2D eigenvalue weighted by atomic mass is 16.5. The number of methoxy groups -OCH3 is 1. The quantitative estimate of drug-likeness (QED) is 0.718. The van der Waals surface area contributed by atoms with Crippen molar-refractivity contribution in [2.45, 2.75) is 20.4 Å². The molecule has 0 saturated heterocycles. The smallest absolute Gasteiger partial charge is 0.337 e. The number of ether oxygens (including phenoxy) is 1. The van der Waals surface area contributed by atoms with Gasteiger partial charge in [-0.15, -0.1) is 0 Å². The lowest BCUT2D eigenvalue weighted by molar-refractivity contribution is 0.0600. The van der Waals surface area contributed by atoms with Gasteiger partial charge in [0, 0.05) is 17.8 Å². The van der Waals surface area contributed by atoms with Gasteiger partial charge in [0.15, 0.2) is 0 Å². The maximum atomic E-state index is 12.5. The van der Waals surface area contributed by atoms with Crippen LogP contribution in [0.5, 0.6) is 0 Å². The van der Waals surface area contributed by atoms with Crippen LogP contribution in [-0.4, -0.2) is 28.5 Å². The minimum absolute atomic E-state index is 0.132. The minimum Gasteiger partial charge on any atom is -0.465 e. The van der Waals surface area contributed by atoms with Gasteiger partial charge in [0.2, 0.25) is 0 Å². The first-order chi connectivity index (χ1) is 12.9. The Morgan fingerprint density at radius 2 is 1.78 bits per heavy atom. The predicted octanol–water partition coefficient (Wildman–Crippen LogP) is 2.76. The Kier molecular flexibility index (Phi) is 5.03. The standard InChI is InChI=1S/C20H19N3O4/c1-4-23-17-10-7-14(11-16(17)21-12(2)19(23)25)18(24)22-15-8-5-13(6-9-15)20(26)27-3/h5-11H,4H2,1-3H3,(H,22,24). The molecule has 27 heavy (non-hydrogen) atoms. The molecular formula is C20H19N3O4. The molecule has 1 N–H and O–H groups in total. The number of aromatic nitrogens is 2. The van der Waals surface area contributed by atoms with Crippen LogP contribution >= 0.6 is 0 Å². The van der Waals surface area contributed by atoms with Crippen molar-refractivity contribution in [1.29, 1.82) is 0 Å². The second kappa shape index (κ2) is 7.41. The van der Waals surface area contributed by atoms with Gasteiger partial charge in [-0.2, -0.15) is 0 Å². The number of fused-ring (bicyclic) bond motifs is 1. The first-order valence-electron chi connectivity index (χ1n) is 8.45. The topological polar surface area (TPSA) is 90.3 Å². The SMILES string of the molecule is CCn1c(=O)c(C)nc2cc(C(=O)Nc3ccc(C(=O)OC)cc3)ccc21. The van der Waals surface area contributed by atoms with E-state index in [1.165, 1.54) is 7.11 Å². The number of benzene rings is 2. The average Bonchev–Trinajstić information content (AvgIpc) is 2.68. The van der Waals surface area contributed by atoms with E-state index < -0.39 is 5.97 Å². The number of carbonyl (C=O) groups excluding carboxylic acids is 2. The molecule has 0 aliphatic rings. The van der Waals surface area contributed by atoms with Crippen molar-refractivity contribution in [3.63, 3.8) is 0 Å². The summed E-state index contributed by atoms with van der Waals surface area (Å²) in [6.07, 6.45) is 0. The molecule has 3 aromatic rings. The second-order valence-corrected chi connectivity index (χ2v) is 5.97. The molecular weight excluding hydrogens is 346 g/mol. The van der Waals surface area contributed by atoms with Crippen LogP contribution in [-0.2, 0) is 11.3 Å². The highest BCUT2D eigenvalue weighted by Crippen LogP contribution is 2.16. The van der Waals surface area contributed by atoms with Crippen molar-refractivity contribution in [1.82, 2.24) is 9.55 Å². The van der Waals surface area contributed by atoms with Crippen LogP contribution in [0.3, 0.4) is 0 Å². The fourth-order valence-corrected chi connectivity index (χ4v) is 2.84. The second-order valence-electron chi connectivity index (χ2n) is 5.97. The van der Waals surface area contributed by atoms with Crippen LogP contribution in [0.2, 0.25) is 0 Å². The van der Waals surface area contributed by atoms with Crippen molar-refractivity contribution < 1.29 is 14.3 Å². The number of esters is 1. The third-order valence-electron chi connectivity index (χ3n) is 4.25. The molecule has 1 heterocycles. The van der Waals surface area contributed by atoms with Crippen LogP contribution in [0.1, 0.15) is 33.3 Å². The van der Waals surface area contributed by atoms with E-state index in [1.54, 1.807) is 54.0 Å². The Morgan fingerprint density at radius 3 is 2.41 bits per heavy atom. The summed E-state index contributed by atoms with van der Waals surface area (Å²) in [5.41, 5.74) is 2.91. The molecule has 0 unspecified atom stereocenters. The summed E-state index contributed by atoms with van der Waals surface area (Å²) in [4.78, 5) is 40.5. The Balaban J connectivity index is 1.89. The van der Waals surface area contributed by atoms with Gasteiger partial charge in [-0.1, -0.05) is 0 Å². The molecule has 0 aliphatic heterocycles. The zero-order chi connectivity index (χ0) is 19.6. The maximum Gasteiger partial charge on any atom is 0.337 e. The molecule has 0 radical (unpaired) electrons. The number of hydrogen-bond acceptors (Lipinski definition) is 5. The van der Waals surface area contributed by atoms with Crippen LogP contribution in [0, 0.1) is 6.92 Å². The zero-order valence-electron chi connectivity index (χ0n) is 15.3. The highest BCUT2D eigenvalue weighted by Gasteiger charge is 2.12. The molecule has 7 heteroatoms. The molecule has 3 rings (SSSR count). The number of nitrogens with zero attached hydrogens (tertiary/aromatic N) is 2. The summed E-state index contributed by atoms with van der Waals surface area (Å²) in [5.74, 6) is -0.748. The number of hydrogen-bond donors (Lipinski definition) is 1. The molecule has 1 amide bonds. The van der Waals surface area contributed by atoms with Gasteiger partial charge in [-0.3, -0.25) is 9.59 Å². The zero-order valence-corrected chi connectivity index (χ0v) is 15.3. The molecule has 0 spiro atoms. The molecule has 7 nitrogen and oxygen atoms in total. The number of amides is 1. The van der Waals surface area contributed by atoms with E-state index in [1.807, 2.05) is 6.92 Å². The fourth-order valence-electron chi connectivity index (χ4n) is 2.84. The van der Waals surface area contributed by atoms with Gasteiger partial charge in [-0.25, -0.2) is 9.78 Å². The predicted molar refractivity (Wildman–Crippen MR) is 102 cm³/mol. The molecule has 138 valence electrons. The largest absolute Gasteiger partial charge is 0.465 e. The average molecular weight is 365 g/mol. The van der Waals surface area contributed by atoms with Gasteiger partial charge in [0.1, 0.15) is 5.69 Å². The van der Waals surface area contributed by atoms with Crippen LogP contribution in [0.4, 0.5) is 5.69 Å². The van der Waals surface area contributed by atoms with Crippen LogP contribution in [0.25, 0.3) is 11.0 Å². The van der Waals surface area contributed by atoms with Crippen molar-refractivity contribution in [3.05, 3.63) is 69.6 Å². The Bertz CT molecular complexity index is 1080. The van der Waals surface area contributed by atoms with Gasteiger partial charge in [0.25, 0.3) is 11.5 Å². The monoisotopic (exact) mass is 365 g/mol. The van der Waals surface area contributed by atoms with Crippen LogP contribution in [0.15, 0.2) is 47.3 Å². The van der Waals surface area contributed by atoms with E-state index in [2.05, 4.69) is 15.0 Å². The van der Waals surface area contributed by atoms with E-state index in [9.17, 15) is 14.4 Å². The number of nitrogens with one attached hydrogen (secondary N) is 1. The number of aryl methyl sites for hydroxylation is 2. The van der Waals surface area contributed by atoms with Crippen molar-refractivity contribution in [2.24, 2.45) is 0 Å². The lowest BCUT2D eigenvalue weighted by Gasteiger charge is -2.10. The number of rotatable bonds is 4. The van der Waals surface area contributed by atoms with Crippen molar-refractivity contribution >= 4 is 28.6 Å². The number of carbonyl (C=O) groups is 2. The summed E-state index contributed by atoms with van der Waals surface area (Å²) in [6, 6.07) is 11.4. The lowest BCUT2D eigenvalue weighted by atomic mass is 10.1. The summed E-state index contributed by atoms with van der Waals surface area (Å²) in [7, 11) is 1.31. The molecule has 2 aromatic carbocycles. The summed E-state index contributed by atoms with van der Waals surface area (Å²) in [5, 5.41) is 2.77. The molecule has 0 saturated carbocycles.